The van der Waals surface area contributed by atoms with Gasteiger partial charge < -0.3 is 5.11 Å². The van der Waals surface area contributed by atoms with E-state index in [4.69, 9.17) is 11.6 Å². The minimum Gasteiger partial charge on any atom is -0.383 e. The van der Waals surface area contributed by atoms with Crippen molar-refractivity contribution in [2.45, 2.75) is 6.10 Å². The van der Waals surface area contributed by atoms with Crippen molar-refractivity contribution in [3.05, 3.63) is 66.4 Å². The van der Waals surface area contributed by atoms with Crippen LogP contribution in [0.5, 0.6) is 0 Å². The number of halogens is 4. The molecule has 18 heavy (non-hydrogen) atoms. The van der Waals surface area contributed by atoms with Gasteiger partial charge in [-0.2, -0.15) is 0 Å². The first-order valence-corrected chi connectivity index (χ1v) is 7.32. The van der Waals surface area contributed by atoms with Gasteiger partial charge in [-0.25, -0.2) is 4.39 Å². The molecule has 0 aliphatic heterocycles. The summed E-state index contributed by atoms with van der Waals surface area (Å²) in [6.07, 6.45) is -1.08. The summed E-state index contributed by atoms with van der Waals surface area (Å²) in [5, 5.41) is 10.5. The third-order valence-corrected chi connectivity index (χ3v) is 4.33. The molecule has 1 unspecified atom stereocenters. The molecule has 0 spiro atoms. The fraction of sp³-hybridized carbons (Fsp3) is 0.0769. The summed E-state index contributed by atoms with van der Waals surface area (Å²) in [6.45, 7) is 0. The Bertz CT molecular complexity index is 571. The molecule has 0 aliphatic rings. The third-order valence-electron chi connectivity index (χ3n) is 2.53. The summed E-state index contributed by atoms with van der Waals surface area (Å²) in [5.41, 5.74) is 0.729. The molecule has 2 aromatic carbocycles. The zero-order chi connectivity index (χ0) is 13.3. The van der Waals surface area contributed by atoms with Crippen molar-refractivity contribution < 1.29 is 9.50 Å². The van der Waals surface area contributed by atoms with E-state index in [1.807, 2.05) is 12.1 Å². The molecule has 0 fully saturated rings. The van der Waals surface area contributed by atoms with Gasteiger partial charge in [0.05, 0.1) is 0 Å². The van der Waals surface area contributed by atoms with E-state index in [1.165, 1.54) is 12.1 Å². The van der Waals surface area contributed by atoms with Crippen molar-refractivity contribution in [2.24, 2.45) is 0 Å². The van der Waals surface area contributed by atoms with Crippen molar-refractivity contribution in [3.8, 4) is 0 Å². The lowest BCUT2D eigenvalue weighted by atomic mass is 10.0. The molecular weight excluding hydrogens is 433 g/mol. The predicted octanol–water partition coefficient (Wildman–Crippen LogP) is 4.93. The molecule has 94 valence electrons. The van der Waals surface area contributed by atoms with E-state index in [0.717, 1.165) is 8.04 Å². The maximum absolute atomic E-state index is 13.8. The van der Waals surface area contributed by atoms with Crippen LogP contribution in [0.25, 0.3) is 0 Å². The second kappa shape index (κ2) is 5.86. The van der Waals surface area contributed by atoms with Crippen LogP contribution in [0, 0.1) is 9.39 Å². The van der Waals surface area contributed by atoms with Gasteiger partial charge in [0.1, 0.15) is 11.9 Å². The fourth-order valence-corrected chi connectivity index (χ4v) is 2.93. The average molecular weight is 441 g/mol. The van der Waals surface area contributed by atoms with E-state index in [-0.39, 0.29) is 10.6 Å². The van der Waals surface area contributed by atoms with Crippen molar-refractivity contribution in [1.82, 2.24) is 0 Å². The molecule has 0 amide bonds. The van der Waals surface area contributed by atoms with Crippen LogP contribution in [0.3, 0.4) is 0 Å². The van der Waals surface area contributed by atoms with Gasteiger partial charge in [0.2, 0.25) is 0 Å². The number of hydrogen-bond donors (Lipinski definition) is 1. The maximum atomic E-state index is 13.8. The van der Waals surface area contributed by atoms with Crippen LogP contribution >= 0.6 is 50.1 Å². The molecule has 0 heterocycles. The Morgan fingerprint density at radius 2 is 2.00 bits per heavy atom. The molecular formula is C13H8BrClFIO. The number of benzene rings is 2. The highest BCUT2D eigenvalue weighted by Crippen LogP contribution is 2.33. The first-order chi connectivity index (χ1) is 8.50. The lowest BCUT2D eigenvalue weighted by Crippen LogP contribution is -2.05. The van der Waals surface area contributed by atoms with E-state index in [0.29, 0.717) is 5.56 Å². The molecule has 0 saturated carbocycles. The van der Waals surface area contributed by atoms with E-state index < -0.39 is 11.9 Å². The highest BCUT2D eigenvalue weighted by molar-refractivity contribution is 14.1. The molecule has 1 atom stereocenters. The fourth-order valence-electron chi connectivity index (χ4n) is 1.65. The zero-order valence-electron chi connectivity index (χ0n) is 9.00. The number of rotatable bonds is 2. The molecule has 5 heteroatoms. The van der Waals surface area contributed by atoms with Gasteiger partial charge in [-0.15, -0.1) is 0 Å². The van der Waals surface area contributed by atoms with Gasteiger partial charge in [-0.05, 0) is 58.5 Å². The minimum atomic E-state index is -1.08. The second-order valence-corrected chi connectivity index (χ2v) is 6.19. The molecule has 0 aliphatic carbocycles. The van der Waals surface area contributed by atoms with Gasteiger partial charge in [0, 0.05) is 18.6 Å². The molecule has 2 rings (SSSR count). The topological polar surface area (TPSA) is 20.2 Å². The second-order valence-electron chi connectivity index (χ2n) is 3.70. The Hall–Kier alpha value is -0.170. The summed E-state index contributed by atoms with van der Waals surface area (Å²) >= 11 is 11.4. The minimum absolute atomic E-state index is 0.107. The third kappa shape index (κ3) is 2.87. The first-order valence-electron chi connectivity index (χ1n) is 5.07. The van der Waals surface area contributed by atoms with Gasteiger partial charge in [-0.1, -0.05) is 33.6 Å². The first kappa shape index (κ1) is 14.2. The molecule has 0 saturated heterocycles. The average Bonchev–Trinajstić information content (AvgIpc) is 2.32. The van der Waals surface area contributed by atoms with Gasteiger partial charge in [0.25, 0.3) is 0 Å². The largest absolute Gasteiger partial charge is 0.383 e. The summed E-state index contributed by atoms with van der Waals surface area (Å²) in [5.74, 6) is -0.509. The van der Waals surface area contributed by atoms with E-state index in [1.54, 1.807) is 12.1 Å². The summed E-state index contributed by atoms with van der Waals surface area (Å²) < 4.78 is 15.4. The van der Waals surface area contributed by atoms with Crippen molar-refractivity contribution in [1.29, 1.82) is 0 Å². The van der Waals surface area contributed by atoms with E-state index in [2.05, 4.69) is 38.5 Å². The van der Waals surface area contributed by atoms with E-state index >= 15 is 0 Å². The van der Waals surface area contributed by atoms with Gasteiger partial charge in [-0.3, -0.25) is 0 Å². The SMILES string of the molecule is OC(c1cc(Br)ccc1I)c1c(F)cccc1Cl. The zero-order valence-corrected chi connectivity index (χ0v) is 13.5. The highest BCUT2D eigenvalue weighted by Gasteiger charge is 2.20. The Morgan fingerprint density at radius 3 is 2.67 bits per heavy atom. The Kier molecular flexibility index (Phi) is 4.64. The molecule has 0 radical (unpaired) electrons. The van der Waals surface area contributed by atoms with Gasteiger partial charge in [0.15, 0.2) is 0 Å². The summed E-state index contributed by atoms with van der Waals surface area (Å²) in [4.78, 5) is 0. The van der Waals surface area contributed by atoms with Gasteiger partial charge >= 0.3 is 0 Å². The molecule has 0 aromatic heterocycles. The van der Waals surface area contributed by atoms with Crippen LogP contribution in [-0.2, 0) is 0 Å². The Labute approximate surface area is 131 Å². The van der Waals surface area contributed by atoms with Crippen LogP contribution in [-0.4, -0.2) is 5.11 Å². The number of aliphatic hydroxyl groups is 1. The van der Waals surface area contributed by atoms with Crippen molar-refractivity contribution in [3.63, 3.8) is 0 Å². The number of aliphatic hydroxyl groups excluding tert-OH is 1. The van der Waals surface area contributed by atoms with Crippen LogP contribution in [0.4, 0.5) is 4.39 Å². The molecule has 0 bridgehead atoms. The lowest BCUT2D eigenvalue weighted by Gasteiger charge is -2.16. The highest BCUT2D eigenvalue weighted by atomic mass is 127. The van der Waals surface area contributed by atoms with Crippen LogP contribution in [0.1, 0.15) is 17.2 Å². The van der Waals surface area contributed by atoms with Crippen LogP contribution in [0.15, 0.2) is 40.9 Å². The Balaban J connectivity index is 2.54. The lowest BCUT2D eigenvalue weighted by molar-refractivity contribution is 0.214. The number of hydrogen-bond acceptors (Lipinski definition) is 1. The summed E-state index contributed by atoms with van der Waals surface area (Å²) in [6, 6.07) is 9.83. The molecule has 2 aromatic rings. The monoisotopic (exact) mass is 440 g/mol. The Morgan fingerprint density at radius 1 is 1.28 bits per heavy atom. The molecule has 1 nitrogen and oxygen atoms in total. The van der Waals surface area contributed by atoms with Crippen molar-refractivity contribution in [2.75, 3.05) is 0 Å². The standard InChI is InChI=1S/C13H8BrClFIO/c14-7-4-5-11(17)8(6-7)13(18)12-9(15)2-1-3-10(12)16/h1-6,13,18H. The summed E-state index contributed by atoms with van der Waals surface area (Å²) in [7, 11) is 0. The molecule has 1 N–H and O–H groups in total. The smallest absolute Gasteiger partial charge is 0.130 e. The van der Waals surface area contributed by atoms with Crippen molar-refractivity contribution >= 4 is 50.1 Å². The van der Waals surface area contributed by atoms with Crippen LogP contribution in [0.2, 0.25) is 5.02 Å². The quantitative estimate of drug-likeness (QED) is 0.656. The van der Waals surface area contributed by atoms with E-state index in [9.17, 15) is 9.50 Å². The normalized spacial score (nSPS) is 12.5. The predicted molar refractivity (Wildman–Crippen MR) is 82.3 cm³/mol. The maximum Gasteiger partial charge on any atom is 0.130 e. The van der Waals surface area contributed by atoms with Crippen LogP contribution < -0.4 is 0 Å².